The second-order valence-corrected chi connectivity index (χ2v) is 11.4. The summed E-state index contributed by atoms with van der Waals surface area (Å²) in [5.41, 5.74) is 1.72. The zero-order valence-corrected chi connectivity index (χ0v) is 12.6. The van der Waals surface area contributed by atoms with Gasteiger partial charge in [-0.3, -0.25) is 0 Å². The van der Waals surface area contributed by atoms with Crippen LogP contribution in [-0.2, 0) is 4.79 Å². The number of allylic oxidation sites excluding steroid dienone is 2. The quantitative estimate of drug-likeness (QED) is 0.377. The molecule has 0 radical (unpaired) electrons. The van der Waals surface area contributed by atoms with Crippen molar-refractivity contribution in [1.82, 2.24) is 0 Å². The van der Waals surface area contributed by atoms with Gasteiger partial charge < -0.3 is 0 Å². The molecular weight excluding hydrogens is 212 g/mol. The Balaban J connectivity index is 5.68. The molecule has 92 valence electrons. The summed E-state index contributed by atoms with van der Waals surface area (Å²) in [7, 11) is -1.76. The van der Waals surface area contributed by atoms with Crippen LogP contribution in [0.4, 0.5) is 0 Å². The van der Waals surface area contributed by atoms with Gasteiger partial charge in [-0.1, -0.05) is 47.6 Å². The van der Waals surface area contributed by atoms with E-state index in [2.05, 4.69) is 54.1 Å². The van der Waals surface area contributed by atoms with Crippen molar-refractivity contribution in [3.8, 4) is 0 Å². The summed E-state index contributed by atoms with van der Waals surface area (Å²) in [6.45, 7) is 17.3. The lowest BCUT2D eigenvalue weighted by Crippen LogP contribution is -2.47. The predicted molar refractivity (Wildman–Crippen MR) is 75.1 cm³/mol. The molecule has 0 saturated carbocycles. The van der Waals surface area contributed by atoms with Crippen LogP contribution in [0.1, 0.15) is 48.0 Å². The van der Waals surface area contributed by atoms with Crippen LogP contribution in [0.15, 0.2) is 17.9 Å². The van der Waals surface area contributed by atoms with Crippen LogP contribution in [0.25, 0.3) is 0 Å². The van der Waals surface area contributed by atoms with Crippen molar-refractivity contribution in [1.29, 1.82) is 0 Å². The highest BCUT2D eigenvalue weighted by Gasteiger charge is 2.46. The molecule has 0 fully saturated rings. The molecule has 0 unspecified atom stereocenters. The zero-order chi connectivity index (χ0) is 12.9. The van der Waals surface area contributed by atoms with Gasteiger partial charge in [0.15, 0.2) is 0 Å². The van der Waals surface area contributed by atoms with E-state index in [1.54, 1.807) is 0 Å². The molecule has 0 rings (SSSR count). The van der Waals surface area contributed by atoms with E-state index in [1.807, 2.05) is 6.08 Å². The minimum atomic E-state index is -1.76. The molecule has 0 aromatic carbocycles. The zero-order valence-electron chi connectivity index (χ0n) is 11.6. The summed E-state index contributed by atoms with van der Waals surface area (Å²) < 4.78 is 0. The smallest absolute Gasteiger partial charge is 0.119 e. The number of hydrogen-bond acceptors (Lipinski definition) is 1. The molecular formula is C14H26OSi. The van der Waals surface area contributed by atoms with Crippen LogP contribution < -0.4 is 0 Å². The first-order valence-electron chi connectivity index (χ1n) is 6.20. The highest BCUT2D eigenvalue weighted by molar-refractivity contribution is 6.90. The Kier molecular flexibility index (Phi) is 5.99. The van der Waals surface area contributed by atoms with Gasteiger partial charge in [0.25, 0.3) is 0 Å². The Hall–Kier alpha value is -0.593. The van der Waals surface area contributed by atoms with Crippen molar-refractivity contribution in [2.45, 2.75) is 64.6 Å². The molecule has 0 spiro atoms. The highest BCUT2D eigenvalue weighted by atomic mass is 28.3. The number of hydrogen-bond donors (Lipinski definition) is 0. The molecule has 0 bridgehead atoms. The van der Waals surface area contributed by atoms with Crippen molar-refractivity contribution in [3.05, 3.63) is 17.9 Å². The normalized spacial score (nSPS) is 12.1. The van der Waals surface area contributed by atoms with E-state index < -0.39 is 8.07 Å². The molecule has 2 heteroatoms. The summed E-state index contributed by atoms with van der Waals surface area (Å²) in [5.74, 6) is 2.25. The van der Waals surface area contributed by atoms with Crippen molar-refractivity contribution >= 4 is 14.0 Å². The molecule has 0 heterocycles. The molecule has 0 aliphatic rings. The largest absolute Gasteiger partial charge is 0.234 e. The highest BCUT2D eigenvalue weighted by Crippen LogP contribution is 2.46. The average molecular weight is 238 g/mol. The van der Waals surface area contributed by atoms with E-state index in [-0.39, 0.29) is 0 Å². The van der Waals surface area contributed by atoms with Crippen LogP contribution in [-0.4, -0.2) is 14.0 Å². The topological polar surface area (TPSA) is 17.1 Å². The van der Waals surface area contributed by atoms with Gasteiger partial charge in [0.2, 0.25) is 0 Å². The molecule has 0 aromatic rings. The summed E-state index contributed by atoms with van der Waals surface area (Å²) >= 11 is 0. The molecule has 0 N–H and O–H groups in total. The summed E-state index contributed by atoms with van der Waals surface area (Å²) in [6, 6.07) is 0. The molecule has 0 saturated heterocycles. The molecule has 0 aromatic heterocycles. The maximum atomic E-state index is 11.3. The Bertz CT molecular complexity index is 261. The van der Waals surface area contributed by atoms with Gasteiger partial charge in [-0.25, -0.2) is 4.79 Å². The fraction of sp³-hybridized carbons (Fsp3) is 0.714. The van der Waals surface area contributed by atoms with E-state index in [1.165, 1.54) is 0 Å². The Morgan fingerprint density at radius 1 is 1.12 bits per heavy atom. The third-order valence-electron chi connectivity index (χ3n) is 3.86. The van der Waals surface area contributed by atoms with Gasteiger partial charge in [0.05, 0.1) is 0 Å². The van der Waals surface area contributed by atoms with Gasteiger partial charge in [-0.15, -0.1) is 6.58 Å². The van der Waals surface area contributed by atoms with Crippen molar-refractivity contribution < 1.29 is 4.79 Å². The molecule has 0 aliphatic carbocycles. The van der Waals surface area contributed by atoms with Gasteiger partial charge in [-0.05, 0) is 23.0 Å². The molecule has 0 aliphatic heterocycles. The van der Waals surface area contributed by atoms with E-state index in [0.717, 1.165) is 5.20 Å². The fourth-order valence-corrected chi connectivity index (χ4v) is 10.3. The Morgan fingerprint density at radius 2 is 1.50 bits per heavy atom. The van der Waals surface area contributed by atoms with Crippen LogP contribution in [0.2, 0.25) is 16.6 Å². The fourth-order valence-electron chi connectivity index (χ4n) is 3.50. The lowest BCUT2D eigenvalue weighted by molar-refractivity contribution is 0.567. The number of rotatable bonds is 6. The first-order chi connectivity index (χ1) is 7.35. The van der Waals surface area contributed by atoms with Crippen LogP contribution in [0, 0.1) is 0 Å². The second kappa shape index (κ2) is 6.22. The molecule has 1 nitrogen and oxygen atoms in total. The van der Waals surface area contributed by atoms with Crippen LogP contribution >= 0.6 is 0 Å². The summed E-state index contributed by atoms with van der Waals surface area (Å²) in [4.78, 5) is 11.3. The lowest BCUT2D eigenvalue weighted by atomic mass is 10.4. The van der Waals surface area contributed by atoms with Gasteiger partial charge in [0, 0.05) is 5.20 Å². The Labute approximate surface area is 102 Å². The molecule has 0 amide bonds. The number of carbonyl (C=O) groups excluding carboxylic acids is 1. The Morgan fingerprint density at radius 3 is 1.69 bits per heavy atom. The summed E-state index contributed by atoms with van der Waals surface area (Å²) in [5, 5.41) is 1.02. The second-order valence-electron chi connectivity index (χ2n) is 5.47. The van der Waals surface area contributed by atoms with Crippen molar-refractivity contribution in [2.75, 3.05) is 0 Å². The van der Waals surface area contributed by atoms with Crippen molar-refractivity contribution in [2.24, 2.45) is 0 Å². The van der Waals surface area contributed by atoms with E-state index >= 15 is 0 Å². The minimum absolute atomic E-state index is 0.573. The maximum Gasteiger partial charge on any atom is 0.119 e. The first-order valence-corrected chi connectivity index (χ1v) is 8.44. The third-order valence-corrected chi connectivity index (χ3v) is 10.9. The monoisotopic (exact) mass is 238 g/mol. The van der Waals surface area contributed by atoms with Gasteiger partial charge in [-0.2, -0.15) is 0 Å². The van der Waals surface area contributed by atoms with Crippen molar-refractivity contribution in [3.63, 3.8) is 0 Å². The standard InChI is InChI=1S/C14H26OSi/c1-8-9-14(10-15)16(11(2)3,12(4)5)13(6)7/h8,11-13H,1,9H2,2-7H3. The van der Waals surface area contributed by atoms with Gasteiger partial charge in [0.1, 0.15) is 14.0 Å². The maximum absolute atomic E-state index is 11.3. The van der Waals surface area contributed by atoms with Crippen LogP contribution in [0.5, 0.6) is 0 Å². The predicted octanol–water partition coefficient (Wildman–Crippen LogP) is 4.54. The minimum Gasteiger partial charge on any atom is -0.234 e. The SMILES string of the molecule is C=CCC(=C=O)[Si](C(C)C)(C(C)C)C(C)C. The first kappa shape index (κ1) is 15.4. The van der Waals surface area contributed by atoms with E-state index in [9.17, 15) is 4.79 Å². The van der Waals surface area contributed by atoms with E-state index in [0.29, 0.717) is 23.0 Å². The van der Waals surface area contributed by atoms with Gasteiger partial charge >= 0.3 is 0 Å². The average Bonchev–Trinajstić information content (AvgIpc) is 2.15. The molecule has 0 atom stereocenters. The lowest BCUT2D eigenvalue weighted by Gasteiger charge is -2.43. The van der Waals surface area contributed by atoms with E-state index in [4.69, 9.17) is 0 Å². The van der Waals surface area contributed by atoms with Crippen LogP contribution in [0.3, 0.4) is 0 Å². The third kappa shape index (κ3) is 2.56. The summed E-state index contributed by atoms with van der Waals surface area (Å²) in [6.07, 6.45) is 2.55. The molecule has 16 heavy (non-hydrogen) atoms.